The van der Waals surface area contributed by atoms with Crippen molar-refractivity contribution in [2.24, 2.45) is 0 Å². The summed E-state index contributed by atoms with van der Waals surface area (Å²) >= 11 is 0. The Bertz CT molecular complexity index is 532. The first kappa shape index (κ1) is 16.9. The van der Waals surface area contributed by atoms with Crippen molar-refractivity contribution in [3.8, 4) is 6.07 Å². The minimum absolute atomic E-state index is 0.0719. The number of hydrogen-bond acceptors (Lipinski definition) is 2. The first-order valence-electron chi connectivity index (χ1n) is 6.71. The fraction of sp³-hybridized carbons (Fsp3) is 0.533. The molecule has 0 aromatic heterocycles. The number of rotatable bonds is 4. The predicted octanol–water partition coefficient (Wildman–Crippen LogP) is 3.06. The maximum Gasteiger partial charge on any atom is 0.191 e. The molecule has 2 nitrogen and oxygen atoms in total. The minimum Gasteiger partial charge on any atom is -0.416 e. The molecule has 0 fully saturated rings. The Hall–Kier alpha value is -1.12. The molecule has 1 aromatic carbocycles. The summed E-state index contributed by atoms with van der Waals surface area (Å²) in [6.45, 7) is 11.3. The molecule has 0 heterocycles. The quantitative estimate of drug-likeness (QED) is 0.798. The van der Waals surface area contributed by atoms with Crippen LogP contribution in [0.2, 0.25) is 18.1 Å². The van der Waals surface area contributed by atoms with Crippen molar-refractivity contribution in [1.29, 1.82) is 5.26 Å². The van der Waals surface area contributed by atoms with Gasteiger partial charge in [-0.05, 0) is 41.6 Å². The van der Waals surface area contributed by atoms with Gasteiger partial charge in [0.2, 0.25) is 0 Å². The van der Waals surface area contributed by atoms with E-state index in [9.17, 15) is 4.39 Å². The fourth-order valence-corrected chi connectivity index (χ4v) is 2.61. The maximum absolute atomic E-state index is 14.0. The Kier molecular flexibility index (Phi) is 5.17. The van der Waals surface area contributed by atoms with Crippen LogP contribution >= 0.6 is 0 Å². The second-order valence-corrected chi connectivity index (χ2v) is 11.3. The molecule has 5 heteroatoms. The third-order valence-corrected chi connectivity index (χ3v) is 8.56. The van der Waals surface area contributed by atoms with Gasteiger partial charge in [-0.2, -0.15) is 5.26 Å². The normalized spacial score (nSPS) is 12.2. The number of nitriles is 1. The zero-order chi connectivity index (χ0) is 15.6. The highest BCUT2D eigenvalue weighted by atomic mass is 28.4. The van der Waals surface area contributed by atoms with E-state index in [-0.39, 0.29) is 16.1 Å². The van der Waals surface area contributed by atoms with Gasteiger partial charge < -0.3 is 4.43 Å². The topological polar surface area (TPSA) is 33.0 Å². The third-order valence-electron chi connectivity index (χ3n) is 4.02. The van der Waals surface area contributed by atoms with Crippen LogP contribution in [0.3, 0.4) is 0 Å². The van der Waals surface area contributed by atoms with Crippen LogP contribution in [0.25, 0.3) is 0 Å². The molecule has 1 rings (SSSR count). The number of nitrogens with zero attached hydrogens (tertiary/aromatic N) is 1. The Morgan fingerprint density at radius 1 is 1.35 bits per heavy atom. The van der Waals surface area contributed by atoms with Gasteiger partial charge in [0.25, 0.3) is 0 Å². The smallest absolute Gasteiger partial charge is 0.191 e. The van der Waals surface area contributed by atoms with Gasteiger partial charge in [0.1, 0.15) is 13.7 Å². The standard InChI is InChI=1S/C15H21BFNOSi/c1-15(2,3)20(4,5)19-9-8-11-6-7-12(10-18)13(16)14(11)17/h6-7H,8-9H2,1-5H3. The van der Waals surface area contributed by atoms with Gasteiger partial charge >= 0.3 is 0 Å². The molecule has 1 aromatic rings. The Balaban J connectivity index is 2.74. The molecule has 0 saturated carbocycles. The second kappa shape index (κ2) is 6.11. The number of benzene rings is 1. The molecule has 0 saturated heterocycles. The zero-order valence-corrected chi connectivity index (χ0v) is 13.9. The number of halogens is 1. The average molecular weight is 289 g/mol. The molecular formula is C15H21BFNOSi. The van der Waals surface area contributed by atoms with E-state index < -0.39 is 14.1 Å². The highest BCUT2D eigenvalue weighted by molar-refractivity contribution is 6.74. The van der Waals surface area contributed by atoms with E-state index in [0.717, 1.165) is 0 Å². The van der Waals surface area contributed by atoms with Gasteiger partial charge in [0.15, 0.2) is 8.32 Å². The van der Waals surface area contributed by atoms with E-state index in [2.05, 4.69) is 33.9 Å². The molecule has 2 radical (unpaired) electrons. The summed E-state index contributed by atoms with van der Waals surface area (Å²) < 4.78 is 20.0. The molecule has 0 spiro atoms. The van der Waals surface area contributed by atoms with Gasteiger partial charge in [-0.1, -0.05) is 26.8 Å². The summed E-state index contributed by atoms with van der Waals surface area (Å²) in [7, 11) is 3.78. The molecule has 0 aliphatic carbocycles. The van der Waals surface area contributed by atoms with Gasteiger partial charge in [0.05, 0.1) is 6.07 Å². The monoisotopic (exact) mass is 289 g/mol. The predicted molar refractivity (Wildman–Crippen MR) is 83.4 cm³/mol. The molecule has 0 unspecified atom stereocenters. The van der Waals surface area contributed by atoms with Crippen molar-refractivity contribution >= 4 is 21.6 Å². The van der Waals surface area contributed by atoms with Crippen LogP contribution in [-0.2, 0) is 10.8 Å². The molecular weight excluding hydrogens is 268 g/mol. The highest BCUT2D eigenvalue weighted by Gasteiger charge is 2.36. The maximum atomic E-state index is 14.0. The number of hydrogen-bond donors (Lipinski definition) is 0. The Morgan fingerprint density at radius 2 is 1.95 bits per heavy atom. The van der Waals surface area contributed by atoms with Crippen LogP contribution in [0.4, 0.5) is 4.39 Å². The molecule has 0 amide bonds. The van der Waals surface area contributed by atoms with E-state index in [4.69, 9.17) is 17.5 Å². The summed E-state index contributed by atoms with van der Waals surface area (Å²) in [4.78, 5) is 0. The van der Waals surface area contributed by atoms with Crippen LogP contribution in [-0.4, -0.2) is 22.8 Å². The average Bonchev–Trinajstić information content (AvgIpc) is 2.33. The lowest BCUT2D eigenvalue weighted by atomic mass is 9.88. The summed E-state index contributed by atoms with van der Waals surface area (Å²) in [5.41, 5.74) is 0.606. The van der Waals surface area contributed by atoms with Crippen molar-refractivity contribution in [2.75, 3.05) is 6.61 Å². The summed E-state index contributed by atoms with van der Waals surface area (Å²) in [6, 6.07) is 5.04. The van der Waals surface area contributed by atoms with Gasteiger partial charge in [-0.3, -0.25) is 0 Å². The SMILES string of the molecule is [B]c1c(C#N)ccc(CCO[Si](C)(C)C(C)(C)C)c1F. The summed E-state index contributed by atoms with van der Waals surface area (Å²) in [5.74, 6) is -0.497. The van der Waals surface area contributed by atoms with Crippen molar-refractivity contribution in [3.63, 3.8) is 0 Å². The second-order valence-electron chi connectivity index (χ2n) is 6.47. The minimum atomic E-state index is -1.81. The van der Waals surface area contributed by atoms with E-state index in [1.807, 2.05) is 6.07 Å². The van der Waals surface area contributed by atoms with E-state index >= 15 is 0 Å². The molecule has 0 aliphatic heterocycles. The summed E-state index contributed by atoms with van der Waals surface area (Å²) in [5, 5.41) is 8.92. The van der Waals surface area contributed by atoms with Gasteiger partial charge in [0, 0.05) is 12.2 Å². The molecule has 106 valence electrons. The highest BCUT2D eigenvalue weighted by Crippen LogP contribution is 2.36. The Labute approximate surface area is 123 Å². The van der Waals surface area contributed by atoms with Crippen LogP contribution in [0.15, 0.2) is 12.1 Å². The molecule has 0 aliphatic rings. The third kappa shape index (κ3) is 3.71. The van der Waals surface area contributed by atoms with Crippen LogP contribution < -0.4 is 5.46 Å². The zero-order valence-electron chi connectivity index (χ0n) is 12.9. The first-order chi connectivity index (χ1) is 9.10. The lowest BCUT2D eigenvalue weighted by Gasteiger charge is -2.36. The molecule has 0 bridgehead atoms. The Morgan fingerprint density at radius 3 is 2.45 bits per heavy atom. The first-order valence-corrected chi connectivity index (χ1v) is 9.62. The molecule has 20 heavy (non-hydrogen) atoms. The van der Waals surface area contributed by atoms with Crippen molar-refractivity contribution in [1.82, 2.24) is 0 Å². The summed E-state index contributed by atoms with van der Waals surface area (Å²) in [6.07, 6.45) is 0.467. The van der Waals surface area contributed by atoms with E-state index in [0.29, 0.717) is 18.6 Å². The lowest BCUT2D eigenvalue weighted by Crippen LogP contribution is -2.41. The molecule has 0 atom stereocenters. The van der Waals surface area contributed by atoms with Crippen LogP contribution in [0.1, 0.15) is 31.9 Å². The van der Waals surface area contributed by atoms with Crippen molar-refractivity contribution in [2.45, 2.75) is 45.3 Å². The van der Waals surface area contributed by atoms with Gasteiger partial charge in [-0.25, -0.2) is 4.39 Å². The lowest BCUT2D eigenvalue weighted by molar-refractivity contribution is 0.290. The van der Waals surface area contributed by atoms with E-state index in [1.165, 1.54) is 0 Å². The van der Waals surface area contributed by atoms with E-state index in [1.54, 1.807) is 12.1 Å². The molecule has 0 N–H and O–H groups in total. The fourth-order valence-electron chi connectivity index (χ4n) is 1.56. The van der Waals surface area contributed by atoms with Crippen LogP contribution in [0, 0.1) is 17.1 Å². The van der Waals surface area contributed by atoms with Crippen molar-refractivity contribution < 1.29 is 8.82 Å². The van der Waals surface area contributed by atoms with Crippen molar-refractivity contribution in [3.05, 3.63) is 29.1 Å². The van der Waals surface area contributed by atoms with Crippen LogP contribution in [0.5, 0.6) is 0 Å². The largest absolute Gasteiger partial charge is 0.416 e. The van der Waals surface area contributed by atoms with Gasteiger partial charge in [-0.15, -0.1) is 0 Å².